The van der Waals surface area contributed by atoms with Gasteiger partial charge in [-0.05, 0) is 32.9 Å². The molecule has 1 aromatic carbocycles. The molecule has 2 rings (SSSR count). The number of hydrogen-bond donors (Lipinski definition) is 2. The molecule has 3 nitrogen and oxygen atoms in total. The maximum atomic E-state index is 13.7. The molecule has 0 saturated heterocycles. The van der Waals surface area contributed by atoms with Crippen molar-refractivity contribution in [2.24, 2.45) is 5.73 Å². The fourth-order valence-electron chi connectivity index (χ4n) is 1.95. The van der Waals surface area contributed by atoms with Crippen LogP contribution in [-0.4, -0.2) is 15.5 Å². The van der Waals surface area contributed by atoms with Crippen molar-refractivity contribution in [1.29, 1.82) is 0 Å². The van der Waals surface area contributed by atoms with Gasteiger partial charge in [0.2, 0.25) is 0 Å². The standard InChI is InChI=1S/C14H18FN3/c1-9-13(10-6-4-5-7-11(10)15)18-12(17-9)8-14(2,3)16/h4-7H,8,16H2,1-3H3,(H,17,18). The lowest BCUT2D eigenvalue weighted by atomic mass is 10.0. The zero-order valence-corrected chi connectivity index (χ0v) is 10.9. The lowest BCUT2D eigenvalue weighted by Gasteiger charge is -2.15. The largest absolute Gasteiger partial charge is 0.346 e. The molecule has 1 heterocycles. The Hall–Kier alpha value is -1.68. The van der Waals surface area contributed by atoms with Gasteiger partial charge in [-0.3, -0.25) is 0 Å². The lowest BCUT2D eigenvalue weighted by Crippen LogP contribution is -2.34. The predicted octanol–water partition coefficient (Wildman–Crippen LogP) is 2.80. The van der Waals surface area contributed by atoms with Crippen LogP contribution in [0.5, 0.6) is 0 Å². The number of hydrogen-bond acceptors (Lipinski definition) is 2. The van der Waals surface area contributed by atoms with Gasteiger partial charge >= 0.3 is 0 Å². The Morgan fingerprint density at radius 3 is 2.61 bits per heavy atom. The molecule has 0 aliphatic heterocycles. The molecule has 0 aliphatic carbocycles. The van der Waals surface area contributed by atoms with Gasteiger partial charge in [-0.15, -0.1) is 0 Å². The third-order valence-corrected chi connectivity index (χ3v) is 2.69. The van der Waals surface area contributed by atoms with Crippen LogP contribution in [-0.2, 0) is 6.42 Å². The summed E-state index contributed by atoms with van der Waals surface area (Å²) in [5.74, 6) is 0.531. The van der Waals surface area contributed by atoms with Crippen LogP contribution >= 0.6 is 0 Å². The molecule has 0 atom stereocenters. The fraction of sp³-hybridized carbons (Fsp3) is 0.357. The van der Waals surface area contributed by atoms with Crippen LogP contribution < -0.4 is 5.73 Å². The molecule has 2 aromatic rings. The van der Waals surface area contributed by atoms with E-state index in [0.717, 1.165) is 11.5 Å². The van der Waals surface area contributed by atoms with E-state index in [1.54, 1.807) is 18.2 Å². The molecule has 96 valence electrons. The van der Waals surface area contributed by atoms with E-state index >= 15 is 0 Å². The maximum Gasteiger partial charge on any atom is 0.132 e. The zero-order chi connectivity index (χ0) is 13.3. The first kappa shape index (κ1) is 12.8. The van der Waals surface area contributed by atoms with Crippen LogP contribution in [0.4, 0.5) is 4.39 Å². The van der Waals surface area contributed by atoms with Gasteiger partial charge in [0.25, 0.3) is 0 Å². The number of aromatic nitrogens is 2. The van der Waals surface area contributed by atoms with E-state index in [1.807, 2.05) is 20.8 Å². The van der Waals surface area contributed by atoms with Gasteiger partial charge in [0, 0.05) is 23.2 Å². The third-order valence-electron chi connectivity index (χ3n) is 2.69. The molecular formula is C14H18FN3. The monoisotopic (exact) mass is 247 g/mol. The van der Waals surface area contributed by atoms with Crippen LogP contribution in [0.25, 0.3) is 11.3 Å². The molecule has 0 spiro atoms. The number of benzene rings is 1. The lowest BCUT2D eigenvalue weighted by molar-refractivity contribution is 0.504. The van der Waals surface area contributed by atoms with Crippen molar-refractivity contribution < 1.29 is 4.39 Å². The highest BCUT2D eigenvalue weighted by Gasteiger charge is 2.17. The highest BCUT2D eigenvalue weighted by molar-refractivity contribution is 5.62. The van der Waals surface area contributed by atoms with Gasteiger partial charge < -0.3 is 10.7 Å². The second-order valence-corrected chi connectivity index (χ2v) is 5.30. The Kier molecular flexibility index (Phi) is 3.22. The Balaban J connectivity index is 2.39. The summed E-state index contributed by atoms with van der Waals surface area (Å²) in [5.41, 5.74) is 7.67. The number of halogens is 1. The van der Waals surface area contributed by atoms with Crippen LogP contribution in [0.2, 0.25) is 0 Å². The van der Waals surface area contributed by atoms with E-state index in [1.165, 1.54) is 6.07 Å². The second-order valence-electron chi connectivity index (χ2n) is 5.30. The molecule has 0 saturated carbocycles. The topological polar surface area (TPSA) is 54.7 Å². The summed E-state index contributed by atoms with van der Waals surface area (Å²) in [6.07, 6.45) is 0.627. The summed E-state index contributed by atoms with van der Waals surface area (Å²) in [4.78, 5) is 7.62. The van der Waals surface area contributed by atoms with Crippen molar-refractivity contribution in [3.63, 3.8) is 0 Å². The van der Waals surface area contributed by atoms with Gasteiger partial charge in [0.15, 0.2) is 0 Å². The molecule has 0 fully saturated rings. The van der Waals surface area contributed by atoms with Gasteiger partial charge in [-0.2, -0.15) is 0 Å². The molecular weight excluding hydrogens is 229 g/mol. The number of aryl methyl sites for hydroxylation is 1. The Morgan fingerprint density at radius 2 is 2.00 bits per heavy atom. The van der Waals surface area contributed by atoms with E-state index in [9.17, 15) is 4.39 Å². The second kappa shape index (κ2) is 4.53. The maximum absolute atomic E-state index is 13.7. The van der Waals surface area contributed by atoms with E-state index in [-0.39, 0.29) is 11.4 Å². The summed E-state index contributed by atoms with van der Waals surface area (Å²) in [6, 6.07) is 6.65. The summed E-state index contributed by atoms with van der Waals surface area (Å²) >= 11 is 0. The first-order valence-electron chi connectivity index (χ1n) is 5.96. The summed E-state index contributed by atoms with van der Waals surface area (Å²) in [6.45, 7) is 5.77. The summed E-state index contributed by atoms with van der Waals surface area (Å²) in [7, 11) is 0. The Bertz CT molecular complexity index is 552. The zero-order valence-electron chi connectivity index (χ0n) is 10.9. The number of nitrogens with two attached hydrogens (primary N) is 1. The number of H-pyrrole nitrogens is 1. The minimum Gasteiger partial charge on any atom is -0.346 e. The average Bonchev–Trinajstić information content (AvgIpc) is 2.57. The Morgan fingerprint density at radius 1 is 1.33 bits per heavy atom. The number of imidazole rings is 1. The highest BCUT2D eigenvalue weighted by atomic mass is 19.1. The molecule has 1 aromatic heterocycles. The van der Waals surface area contributed by atoms with Crippen LogP contribution in [0.1, 0.15) is 25.4 Å². The minimum absolute atomic E-state index is 0.259. The van der Waals surface area contributed by atoms with Crippen molar-refractivity contribution in [2.45, 2.75) is 32.7 Å². The summed E-state index contributed by atoms with van der Waals surface area (Å²) in [5, 5.41) is 0. The third kappa shape index (κ3) is 2.76. The highest BCUT2D eigenvalue weighted by Crippen LogP contribution is 2.24. The quantitative estimate of drug-likeness (QED) is 0.876. The predicted molar refractivity (Wildman–Crippen MR) is 70.7 cm³/mol. The van der Waals surface area contributed by atoms with Crippen molar-refractivity contribution in [2.75, 3.05) is 0 Å². The van der Waals surface area contributed by atoms with E-state index < -0.39 is 0 Å². The van der Waals surface area contributed by atoms with Crippen molar-refractivity contribution in [3.8, 4) is 11.3 Å². The smallest absolute Gasteiger partial charge is 0.132 e. The van der Waals surface area contributed by atoms with Crippen LogP contribution in [0, 0.1) is 12.7 Å². The van der Waals surface area contributed by atoms with Gasteiger partial charge in [-0.25, -0.2) is 9.37 Å². The van der Waals surface area contributed by atoms with Gasteiger partial charge in [0.05, 0.1) is 5.69 Å². The summed E-state index contributed by atoms with van der Waals surface area (Å²) < 4.78 is 13.7. The normalized spacial score (nSPS) is 11.8. The number of aromatic amines is 1. The van der Waals surface area contributed by atoms with E-state index in [0.29, 0.717) is 17.7 Å². The molecule has 18 heavy (non-hydrogen) atoms. The first-order valence-corrected chi connectivity index (χ1v) is 5.96. The minimum atomic E-state index is -0.337. The number of nitrogens with zero attached hydrogens (tertiary/aromatic N) is 1. The first-order chi connectivity index (χ1) is 8.37. The van der Waals surface area contributed by atoms with Crippen LogP contribution in [0.3, 0.4) is 0 Å². The van der Waals surface area contributed by atoms with Crippen molar-refractivity contribution >= 4 is 0 Å². The molecule has 0 aliphatic rings. The van der Waals surface area contributed by atoms with Crippen molar-refractivity contribution in [1.82, 2.24) is 9.97 Å². The van der Waals surface area contributed by atoms with Gasteiger partial charge in [-0.1, -0.05) is 12.1 Å². The molecule has 3 N–H and O–H groups in total. The Labute approximate surface area is 106 Å². The number of rotatable bonds is 3. The molecule has 0 bridgehead atoms. The van der Waals surface area contributed by atoms with E-state index in [2.05, 4.69) is 9.97 Å². The average molecular weight is 247 g/mol. The van der Waals surface area contributed by atoms with Crippen molar-refractivity contribution in [3.05, 3.63) is 41.6 Å². The van der Waals surface area contributed by atoms with Gasteiger partial charge in [0.1, 0.15) is 11.6 Å². The van der Waals surface area contributed by atoms with E-state index in [4.69, 9.17) is 5.73 Å². The fourth-order valence-corrected chi connectivity index (χ4v) is 1.95. The SMILES string of the molecule is Cc1[nH]c(CC(C)(C)N)nc1-c1ccccc1F. The molecule has 0 amide bonds. The number of nitrogens with one attached hydrogen (secondary N) is 1. The molecule has 4 heteroatoms. The molecule has 0 unspecified atom stereocenters. The molecule has 0 radical (unpaired) electrons. The van der Waals surface area contributed by atoms with Crippen LogP contribution in [0.15, 0.2) is 24.3 Å².